The molecule has 1 rings (SSSR count). The lowest BCUT2D eigenvalue weighted by atomic mass is 9.96. The van der Waals surface area contributed by atoms with E-state index in [1.165, 1.54) is 6.42 Å². The lowest BCUT2D eigenvalue weighted by molar-refractivity contribution is -0.122. The van der Waals surface area contributed by atoms with Gasteiger partial charge in [-0.3, -0.25) is 4.79 Å². The zero-order valence-electron chi connectivity index (χ0n) is 10.5. The highest BCUT2D eigenvalue weighted by molar-refractivity contribution is 5.76. The predicted molar refractivity (Wildman–Crippen MR) is 65.0 cm³/mol. The number of hydrogen-bond acceptors (Lipinski definition) is 2. The van der Waals surface area contributed by atoms with Crippen LogP contribution in [0, 0.1) is 17.8 Å². The van der Waals surface area contributed by atoms with Crippen LogP contribution in [0.5, 0.6) is 0 Å². The first-order chi connectivity index (χ1) is 7.67. The quantitative estimate of drug-likeness (QED) is 0.728. The van der Waals surface area contributed by atoms with Crippen molar-refractivity contribution in [3.8, 4) is 0 Å². The van der Waals surface area contributed by atoms with Crippen molar-refractivity contribution in [2.75, 3.05) is 13.2 Å². The fourth-order valence-electron chi connectivity index (χ4n) is 2.40. The molecule has 1 fully saturated rings. The summed E-state index contributed by atoms with van der Waals surface area (Å²) >= 11 is 0. The summed E-state index contributed by atoms with van der Waals surface area (Å²) in [6, 6.07) is 0. The minimum atomic E-state index is 0.165. The molecule has 0 saturated heterocycles. The van der Waals surface area contributed by atoms with Crippen molar-refractivity contribution in [3.63, 3.8) is 0 Å². The number of aliphatic hydroxyl groups excluding tert-OH is 1. The number of nitrogens with one attached hydrogen (secondary N) is 1. The highest BCUT2D eigenvalue weighted by atomic mass is 16.3. The Morgan fingerprint density at radius 1 is 1.44 bits per heavy atom. The van der Waals surface area contributed by atoms with Crippen LogP contribution >= 0.6 is 0 Å². The van der Waals surface area contributed by atoms with Gasteiger partial charge >= 0.3 is 0 Å². The van der Waals surface area contributed by atoms with Crippen molar-refractivity contribution < 1.29 is 9.90 Å². The van der Waals surface area contributed by atoms with Crippen molar-refractivity contribution >= 4 is 5.91 Å². The smallest absolute Gasteiger partial charge is 0.220 e. The summed E-state index contributed by atoms with van der Waals surface area (Å²) in [5.41, 5.74) is 0. The third-order valence-electron chi connectivity index (χ3n) is 3.84. The minimum Gasteiger partial charge on any atom is -0.396 e. The molecule has 3 nitrogen and oxygen atoms in total. The largest absolute Gasteiger partial charge is 0.396 e. The van der Waals surface area contributed by atoms with E-state index in [1.807, 2.05) is 0 Å². The third-order valence-corrected chi connectivity index (χ3v) is 3.84. The number of hydrogen-bond donors (Lipinski definition) is 2. The maximum atomic E-state index is 11.6. The van der Waals surface area contributed by atoms with E-state index >= 15 is 0 Å². The molecule has 16 heavy (non-hydrogen) atoms. The minimum absolute atomic E-state index is 0.165. The molecule has 3 heteroatoms. The van der Waals surface area contributed by atoms with Crippen molar-refractivity contribution in [2.45, 2.75) is 46.0 Å². The number of carbonyl (C=O) groups is 1. The van der Waals surface area contributed by atoms with E-state index in [4.69, 9.17) is 0 Å². The lowest BCUT2D eigenvalue weighted by Gasteiger charge is -2.18. The topological polar surface area (TPSA) is 49.3 Å². The summed E-state index contributed by atoms with van der Waals surface area (Å²) in [4.78, 5) is 11.6. The summed E-state index contributed by atoms with van der Waals surface area (Å²) in [6.45, 7) is 5.23. The number of carbonyl (C=O) groups excluding carboxylic acids is 1. The standard InChI is InChI=1S/C13H25NO2/c1-3-10(2)7-13(16)14-8-11-5-4-6-12(11)9-15/h10-12,15H,3-9H2,1-2H3,(H,14,16). The van der Waals surface area contributed by atoms with Crippen LogP contribution in [0.2, 0.25) is 0 Å². The Morgan fingerprint density at radius 2 is 2.12 bits per heavy atom. The molecule has 3 atom stereocenters. The van der Waals surface area contributed by atoms with Gasteiger partial charge in [0.1, 0.15) is 0 Å². The summed E-state index contributed by atoms with van der Waals surface area (Å²) in [6.07, 6.45) is 5.14. The molecule has 0 aliphatic heterocycles. The third kappa shape index (κ3) is 4.12. The zero-order valence-corrected chi connectivity index (χ0v) is 10.5. The molecule has 3 unspecified atom stereocenters. The Morgan fingerprint density at radius 3 is 2.75 bits per heavy atom. The molecule has 94 valence electrons. The summed E-state index contributed by atoms with van der Waals surface area (Å²) in [7, 11) is 0. The first kappa shape index (κ1) is 13.5. The van der Waals surface area contributed by atoms with E-state index in [9.17, 15) is 9.90 Å². The molecule has 1 aliphatic carbocycles. The summed E-state index contributed by atoms with van der Waals surface area (Å²) < 4.78 is 0. The second kappa shape index (κ2) is 6.89. The second-order valence-electron chi connectivity index (χ2n) is 5.16. The highest BCUT2D eigenvalue weighted by Crippen LogP contribution is 2.30. The maximum absolute atomic E-state index is 11.6. The zero-order chi connectivity index (χ0) is 12.0. The van der Waals surface area contributed by atoms with E-state index in [0.29, 0.717) is 24.2 Å². The lowest BCUT2D eigenvalue weighted by Crippen LogP contribution is -2.32. The van der Waals surface area contributed by atoms with Crippen molar-refractivity contribution in [1.82, 2.24) is 5.32 Å². The molecular weight excluding hydrogens is 202 g/mol. The summed E-state index contributed by atoms with van der Waals surface area (Å²) in [5, 5.41) is 12.2. The molecule has 1 amide bonds. The fourth-order valence-corrected chi connectivity index (χ4v) is 2.40. The fraction of sp³-hybridized carbons (Fsp3) is 0.923. The average molecular weight is 227 g/mol. The van der Waals surface area contributed by atoms with Crippen molar-refractivity contribution in [2.24, 2.45) is 17.8 Å². The van der Waals surface area contributed by atoms with Gasteiger partial charge in [-0.15, -0.1) is 0 Å². The summed E-state index contributed by atoms with van der Waals surface area (Å²) in [5.74, 6) is 1.53. The van der Waals surface area contributed by atoms with E-state index in [2.05, 4.69) is 19.2 Å². The molecule has 0 aromatic carbocycles. The Labute approximate surface area is 98.6 Å². The van der Waals surface area contributed by atoms with Gasteiger partial charge in [0.25, 0.3) is 0 Å². The Bertz CT molecular complexity index is 218. The van der Waals surface area contributed by atoms with Gasteiger partial charge in [0.15, 0.2) is 0 Å². The van der Waals surface area contributed by atoms with Gasteiger partial charge in [-0.1, -0.05) is 26.7 Å². The number of amides is 1. The predicted octanol–water partition coefficient (Wildman–Crippen LogP) is 1.95. The molecule has 0 aromatic heterocycles. The first-order valence-electron chi connectivity index (χ1n) is 6.54. The maximum Gasteiger partial charge on any atom is 0.220 e. The van der Waals surface area contributed by atoms with Crippen LogP contribution in [-0.4, -0.2) is 24.2 Å². The number of aliphatic hydroxyl groups is 1. The molecule has 2 N–H and O–H groups in total. The van der Waals surface area contributed by atoms with Gasteiger partial charge in [-0.05, 0) is 30.6 Å². The Hall–Kier alpha value is -0.570. The molecule has 0 heterocycles. The van der Waals surface area contributed by atoms with Gasteiger partial charge in [0, 0.05) is 19.6 Å². The average Bonchev–Trinajstić information content (AvgIpc) is 2.73. The van der Waals surface area contributed by atoms with Crippen molar-refractivity contribution in [3.05, 3.63) is 0 Å². The highest BCUT2D eigenvalue weighted by Gasteiger charge is 2.26. The van der Waals surface area contributed by atoms with E-state index < -0.39 is 0 Å². The first-order valence-corrected chi connectivity index (χ1v) is 6.54. The monoisotopic (exact) mass is 227 g/mol. The van der Waals surface area contributed by atoms with Crippen LogP contribution < -0.4 is 5.32 Å². The SMILES string of the molecule is CCC(C)CC(=O)NCC1CCCC1CO. The number of rotatable bonds is 6. The van der Waals surface area contributed by atoms with E-state index in [-0.39, 0.29) is 12.5 Å². The van der Waals surface area contributed by atoms with Gasteiger partial charge < -0.3 is 10.4 Å². The van der Waals surface area contributed by atoms with Crippen LogP contribution in [0.4, 0.5) is 0 Å². The van der Waals surface area contributed by atoms with Crippen LogP contribution in [0.25, 0.3) is 0 Å². The van der Waals surface area contributed by atoms with Crippen LogP contribution in [0.1, 0.15) is 46.0 Å². The normalized spacial score (nSPS) is 26.7. The molecule has 0 spiro atoms. The van der Waals surface area contributed by atoms with E-state index in [0.717, 1.165) is 25.8 Å². The molecule has 1 aliphatic rings. The van der Waals surface area contributed by atoms with Gasteiger partial charge in [-0.25, -0.2) is 0 Å². The molecule has 0 bridgehead atoms. The van der Waals surface area contributed by atoms with E-state index in [1.54, 1.807) is 0 Å². The molecule has 0 aromatic rings. The van der Waals surface area contributed by atoms with Gasteiger partial charge in [0.2, 0.25) is 5.91 Å². The molecule has 0 radical (unpaired) electrons. The van der Waals surface area contributed by atoms with Crippen LogP contribution in [0.15, 0.2) is 0 Å². The molecule has 1 saturated carbocycles. The Balaban J connectivity index is 2.20. The van der Waals surface area contributed by atoms with Gasteiger partial charge in [0.05, 0.1) is 0 Å². The second-order valence-corrected chi connectivity index (χ2v) is 5.16. The Kier molecular flexibility index (Phi) is 5.81. The van der Waals surface area contributed by atoms with Gasteiger partial charge in [-0.2, -0.15) is 0 Å². The van der Waals surface area contributed by atoms with Crippen LogP contribution in [-0.2, 0) is 4.79 Å². The van der Waals surface area contributed by atoms with Crippen molar-refractivity contribution in [1.29, 1.82) is 0 Å². The van der Waals surface area contributed by atoms with Crippen LogP contribution in [0.3, 0.4) is 0 Å². The molecular formula is C13H25NO2.